The van der Waals surface area contributed by atoms with Gasteiger partial charge in [-0.15, -0.1) is 11.3 Å². The van der Waals surface area contributed by atoms with Crippen LogP contribution in [0.25, 0.3) is 21.3 Å². The van der Waals surface area contributed by atoms with E-state index in [4.69, 9.17) is 5.73 Å². The number of amides is 1. The molecule has 0 aliphatic carbocycles. The lowest BCUT2D eigenvalue weighted by Gasteiger charge is -2.16. The molecule has 0 aliphatic rings. The van der Waals surface area contributed by atoms with Crippen molar-refractivity contribution in [2.75, 3.05) is 11.1 Å². The fourth-order valence-corrected chi connectivity index (χ4v) is 4.85. The van der Waals surface area contributed by atoms with Gasteiger partial charge in [0.25, 0.3) is 5.91 Å². The van der Waals surface area contributed by atoms with Gasteiger partial charge in [0.15, 0.2) is 11.6 Å². The second-order valence-electron chi connectivity index (χ2n) is 8.40. The van der Waals surface area contributed by atoms with E-state index < -0.39 is 17.7 Å². The molecule has 7 nitrogen and oxygen atoms in total. The number of halogens is 2. The fraction of sp³-hybridized carbons (Fsp3) is 0.111. The van der Waals surface area contributed by atoms with Gasteiger partial charge in [-0.25, -0.2) is 18.7 Å². The highest BCUT2D eigenvalue weighted by molar-refractivity contribution is 7.15. The summed E-state index contributed by atoms with van der Waals surface area (Å²) in [6, 6.07) is 14.7. The minimum absolute atomic E-state index is 0.346. The van der Waals surface area contributed by atoms with Crippen molar-refractivity contribution in [3.8, 4) is 10.4 Å². The summed E-state index contributed by atoms with van der Waals surface area (Å²) in [5.41, 5.74) is 9.22. The molecule has 3 aromatic heterocycles. The number of anilines is 2. The summed E-state index contributed by atoms with van der Waals surface area (Å²) in [4.78, 5) is 27.5. The highest BCUT2D eigenvalue weighted by atomic mass is 32.1. The van der Waals surface area contributed by atoms with Crippen molar-refractivity contribution in [3.05, 3.63) is 101 Å². The Hall–Kier alpha value is -4.44. The lowest BCUT2D eigenvalue weighted by Crippen LogP contribution is -2.27. The number of nitrogens with zero attached hydrogens (tertiary/aromatic N) is 3. The van der Waals surface area contributed by atoms with E-state index in [1.54, 1.807) is 30.5 Å². The second kappa shape index (κ2) is 10.3. The van der Waals surface area contributed by atoms with Gasteiger partial charge in [0.05, 0.1) is 22.8 Å². The number of hydrogen-bond acceptors (Lipinski definition) is 7. The lowest BCUT2D eigenvalue weighted by atomic mass is 10.1. The van der Waals surface area contributed by atoms with E-state index >= 15 is 0 Å². The number of rotatable bonds is 7. The average molecular weight is 517 g/mol. The first kappa shape index (κ1) is 24.3. The van der Waals surface area contributed by atoms with Crippen molar-refractivity contribution < 1.29 is 13.6 Å². The molecule has 2 aromatic carbocycles. The molecule has 3 heterocycles. The van der Waals surface area contributed by atoms with Crippen LogP contribution >= 0.6 is 11.3 Å². The van der Waals surface area contributed by atoms with Crippen LogP contribution in [0.2, 0.25) is 0 Å². The number of carbonyl (C=O) groups excluding carboxylic acids is 1. The summed E-state index contributed by atoms with van der Waals surface area (Å²) >= 11 is 1.62. The van der Waals surface area contributed by atoms with Crippen LogP contribution in [0, 0.1) is 11.6 Å². The Kier molecular flexibility index (Phi) is 6.74. The summed E-state index contributed by atoms with van der Waals surface area (Å²) in [5, 5.41) is 6.92. The van der Waals surface area contributed by atoms with Gasteiger partial charge in [-0.1, -0.05) is 12.1 Å². The van der Waals surface area contributed by atoms with Crippen LogP contribution in [0.4, 0.5) is 20.3 Å². The molecule has 10 heteroatoms. The standard InChI is InChI=1S/C27H22F2N6OS/c1-15(16-2-5-21(28)22(29)11-16)35-27(36)20-13-31-9-8-24(20)32-12-18-4-7-25(37-18)17-3-6-23-19(10-17)26(30)34-14-33-23/h2-11,13-15H,12H2,1H3,(H,31,32)(H,35,36)(H2,30,33,34)/t15-/m0/s1. The van der Waals surface area contributed by atoms with E-state index in [0.29, 0.717) is 29.2 Å². The number of thiophene rings is 1. The quantitative estimate of drug-likeness (QED) is 0.256. The Morgan fingerprint density at radius 2 is 1.92 bits per heavy atom. The van der Waals surface area contributed by atoms with Crippen molar-refractivity contribution in [1.29, 1.82) is 0 Å². The molecule has 0 fully saturated rings. The third kappa shape index (κ3) is 5.24. The molecule has 0 saturated heterocycles. The summed E-state index contributed by atoms with van der Waals surface area (Å²) in [5.74, 6) is -1.84. The largest absolute Gasteiger partial charge is 0.383 e. The molecule has 1 atom stereocenters. The first-order valence-corrected chi connectivity index (χ1v) is 12.2. The molecule has 5 rings (SSSR count). The third-order valence-electron chi connectivity index (χ3n) is 5.92. The van der Waals surface area contributed by atoms with E-state index in [-0.39, 0.29) is 5.91 Å². The zero-order chi connectivity index (χ0) is 25.9. The van der Waals surface area contributed by atoms with Crippen molar-refractivity contribution in [1.82, 2.24) is 20.3 Å². The van der Waals surface area contributed by atoms with Crippen LogP contribution in [0.1, 0.15) is 33.8 Å². The number of nitrogen functional groups attached to an aromatic ring is 1. The van der Waals surface area contributed by atoms with Gasteiger partial charge < -0.3 is 16.4 Å². The molecule has 4 N–H and O–H groups in total. The molecule has 0 unspecified atom stereocenters. The van der Waals surface area contributed by atoms with Gasteiger partial charge in [0.1, 0.15) is 12.1 Å². The number of carbonyl (C=O) groups is 1. The predicted molar refractivity (Wildman–Crippen MR) is 141 cm³/mol. The monoisotopic (exact) mass is 516 g/mol. The minimum Gasteiger partial charge on any atom is -0.383 e. The number of benzene rings is 2. The molecule has 0 radical (unpaired) electrons. The van der Waals surface area contributed by atoms with E-state index in [1.165, 1.54) is 18.6 Å². The van der Waals surface area contributed by atoms with E-state index in [1.807, 2.05) is 30.3 Å². The molecule has 0 saturated carbocycles. The highest BCUT2D eigenvalue weighted by Crippen LogP contribution is 2.31. The highest BCUT2D eigenvalue weighted by Gasteiger charge is 2.17. The smallest absolute Gasteiger partial charge is 0.255 e. The number of nitrogens with one attached hydrogen (secondary N) is 2. The number of pyridine rings is 1. The molecule has 37 heavy (non-hydrogen) atoms. The second-order valence-corrected chi connectivity index (χ2v) is 9.57. The van der Waals surface area contributed by atoms with Crippen molar-refractivity contribution in [3.63, 3.8) is 0 Å². The molecule has 0 aliphatic heterocycles. The van der Waals surface area contributed by atoms with Crippen LogP contribution in [-0.4, -0.2) is 20.9 Å². The Morgan fingerprint density at radius 1 is 1.05 bits per heavy atom. The minimum atomic E-state index is -0.960. The third-order valence-corrected chi connectivity index (χ3v) is 7.06. The Morgan fingerprint density at radius 3 is 2.76 bits per heavy atom. The van der Waals surface area contributed by atoms with Gasteiger partial charge in [-0.3, -0.25) is 9.78 Å². The van der Waals surface area contributed by atoms with Gasteiger partial charge in [-0.2, -0.15) is 0 Å². The van der Waals surface area contributed by atoms with Crippen LogP contribution in [0.15, 0.2) is 73.3 Å². The van der Waals surface area contributed by atoms with Crippen LogP contribution in [0.3, 0.4) is 0 Å². The topological polar surface area (TPSA) is 106 Å². The summed E-state index contributed by atoms with van der Waals surface area (Å²) in [7, 11) is 0. The maximum Gasteiger partial charge on any atom is 0.255 e. The van der Waals surface area contributed by atoms with E-state index in [9.17, 15) is 13.6 Å². The van der Waals surface area contributed by atoms with E-state index in [0.717, 1.165) is 38.4 Å². The average Bonchev–Trinajstić information content (AvgIpc) is 3.38. The van der Waals surface area contributed by atoms with Crippen LogP contribution in [-0.2, 0) is 6.54 Å². The summed E-state index contributed by atoms with van der Waals surface area (Å²) in [6.45, 7) is 2.19. The number of fused-ring (bicyclic) bond motifs is 1. The summed E-state index contributed by atoms with van der Waals surface area (Å²) < 4.78 is 26.9. The predicted octanol–water partition coefficient (Wildman–Crippen LogP) is 5.72. The van der Waals surface area contributed by atoms with Crippen LogP contribution < -0.4 is 16.4 Å². The van der Waals surface area contributed by atoms with Gasteiger partial charge in [0, 0.05) is 34.1 Å². The molecule has 0 spiro atoms. The SMILES string of the molecule is C[C@H](NC(=O)c1cnccc1NCc1ccc(-c2ccc3ncnc(N)c3c2)s1)c1ccc(F)c(F)c1. The fourth-order valence-electron chi connectivity index (χ4n) is 3.91. The first-order chi connectivity index (χ1) is 17.9. The lowest BCUT2D eigenvalue weighted by molar-refractivity contribution is 0.0940. The molecular formula is C27H22F2N6OS. The van der Waals surface area contributed by atoms with Gasteiger partial charge in [-0.05, 0) is 60.5 Å². The Balaban J connectivity index is 1.28. The zero-order valence-electron chi connectivity index (χ0n) is 19.7. The number of aromatic nitrogens is 3. The number of nitrogens with two attached hydrogens (primary N) is 1. The Bertz CT molecular complexity index is 1610. The van der Waals surface area contributed by atoms with Gasteiger partial charge >= 0.3 is 0 Å². The van der Waals surface area contributed by atoms with Gasteiger partial charge in [0.2, 0.25) is 0 Å². The van der Waals surface area contributed by atoms with Crippen LogP contribution in [0.5, 0.6) is 0 Å². The zero-order valence-corrected chi connectivity index (χ0v) is 20.5. The van der Waals surface area contributed by atoms with Crippen molar-refractivity contribution in [2.45, 2.75) is 19.5 Å². The normalized spacial score (nSPS) is 11.9. The maximum absolute atomic E-state index is 13.6. The summed E-state index contributed by atoms with van der Waals surface area (Å²) in [6.07, 6.45) is 4.51. The molecule has 1 amide bonds. The number of hydrogen-bond donors (Lipinski definition) is 3. The molecule has 186 valence electrons. The Labute approximate surface area is 215 Å². The first-order valence-electron chi connectivity index (χ1n) is 11.4. The molecular weight excluding hydrogens is 494 g/mol. The van der Waals surface area contributed by atoms with E-state index in [2.05, 4.69) is 25.6 Å². The molecule has 5 aromatic rings. The van der Waals surface area contributed by atoms with Crippen molar-refractivity contribution in [2.24, 2.45) is 0 Å². The molecule has 0 bridgehead atoms. The van der Waals surface area contributed by atoms with Crippen molar-refractivity contribution >= 4 is 39.7 Å². The maximum atomic E-state index is 13.6.